The Balaban J connectivity index is 1.50. The number of aromatic nitrogens is 6. The van der Waals surface area contributed by atoms with Gasteiger partial charge in [0, 0.05) is 48.7 Å². The number of nitrogens with one attached hydrogen (secondary N) is 1. The predicted octanol–water partition coefficient (Wildman–Crippen LogP) is 2.50. The molecule has 0 radical (unpaired) electrons. The van der Waals surface area contributed by atoms with Gasteiger partial charge in [0.25, 0.3) is 0 Å². The summed E-state index contributed by atoms with van der Waals surface area (Å²) in [5, 5.41) is 33.4. The quantitative estimate of drug-likeness (QED) is 0.330. The van der Waals surface area contributed by atoms with Gasteiger partial charge in [-0.2, -0.15) is 4.98 Å². The van der Waals surface area contributed by atoms with Crippen molar-refractivity contribution in [2.45, 2.75) is 0 Å². The summed E-state index contributed by atoms with van der Waals surface area (Å²) in [6, 6.07) is 12.4. The molecule has 2 aromatic heterocycles. The Bertz CT molecular complexity index is 1400. The fourth-order valence-corrected chi connectivity index (χ4v) is 3.84. The first-order valence-corrected chi connectivity index (χ1v) is 11.1. The number of hydrogen-bond acceptors (Lipinski definition) is 10. The van der Waals surface area contributed by atoms with Crippen molar-refractivity contribution < 1.29 is 19.7 Å². The van der Waals surface area contributed by atoms with Crippen LogP contribution < -0.4 is 10.2 Å². The number of morpholine rings is 1. The zero-order chi connectivity index (χ0) is 24.9. The number of phenolic OH excluding ortho intramolecular Hbond substituents is 1. The molecule has 0 aliphatic carbocycles. The highest BCUT2D eigenvalue weighted by Crippen LogP contribution is 2.32. The minimum Gasteiger partial charge on any atom is -0.508 e. The summed E-state index contributed by atoms with van der Waals surface area (Å²) >= 11 is 0. The van der Waals surface area contributed by atoms with Gasteiger partial charge in [-0.25, -0.2) is 14.5 Å². The number of aromatic hydroxyl groups is 1. The highest BCUT2D eigenvalue weighted by Gasteiger charge is 2.19. The van der Waals surface area contributed by atoms with Crippen molar-refractivity contribution in [3.05, 3.63) is 66.6 Å². The maximum Gasteiger partial charge on any atom is 0.328 e. The molecule has 1 saturated heterocycles. The molecular weight excluding hydrogens is 464 g/mol. The summed E-state index contributed by atoms with van der Waals surface area (Å²) < 4.78 is 6.95. The van der Waals surface area contributed by atoms with Gasteiger partial charge in [-0.15, -0.1) is 5.10 Å². The number of phenols is 1. The summed E-state index contributed by atoms with van der Waals surface area (Å²) in [5.74, 6) is 0.0802. The molecular formula is C24H22N8O4. The molecule has 1 aliphatic heterocycles. The number of hydrogen-bond donors (Lipinski definition) is 3. The molecule has 3 N–H and O–H groups in total. The third-order valence-electron chi connectivity index (χ3n) is 5.47. The lowest BCUT2D eigenvalue weighted by Gasteiger charge is -2.29. The Morgan fingerprint density at radius 1 is 1.14 bits per heavy atom. The summed E-state index contributed by atoms with van der Waals surface area (Å²) in [6.07, 6.45) is 5.80. The number of nitrogens with zero attached hydrogens (tertiary/aromatic N) is 7. The largest absolute Gasteiger partial charge is 0.508 e. The molecule has 1 aliphatic rings. The van der Waals surface area contributed by atoms with E-state index in [0.717, 1.165) is 28.6 Å². The van der Waals surface area contributed by atoms with Gasteiger partial charge in [0.1, 0.15) is 17.9 Å². The van der Waals surface area contributed by atoms with Crippen LogP contribution in [0.4, 0.5) is 17.5 Å². The highest BCUT2D eigenvalue weighted by atomic mass is 16.5. The number of benzene rings is 2. The third kappa shape index (κ3) is 5.28. The van der Waals surface area contributed by atoms with Crippen LogP contribution in [-0.4, -0.2) is 72.7 Å². The van der Waals surface area contributed by atoms with E-state index in [1.165, 1.54) is 17.1 Å². The number of anilines is 3. The monoisotopic (exact) mass is 486 g/mol. The van der Waals surface area contributed by atoms with Gasteiger partial charge in [-0.3, -0.25) is 0 Å². The van der Waals surface area contributed by atoms with Crippen LogP contribution >= 0.6 is 0 Å². The number of ether oxygens (including phenoxy) is 1. The van der Waals surface area contributed by atoms with E-state index in [-0.39, 0.29) is 5.75 Å². The van der Waals surface area contributed by atoms with Crippen molar-refractivity contribution in [3.63, 3.8) is 0 Å². The molecule has 0 bridgehead atoms. The van der Waals surface area contributed by atoms with E-state index in [1.54, 1.807) is 24.4 Å². The lowest BCUT2D eigenvalue weighted by molar-refractivity contribution is -0.131. The van der Waals surface area contributed by atoms with Crippen LogP contribution in [0.15, 0.2) is 61.1 Å². The Morgan fingerprint density at radius 2 is 2.00 bits per heavy atom. The van der Waals surface area contributed by atoms with Crippen molar-refractivity contribution >= 4 is 29.5 Å². The van der Waals surface area contributed by atoms with Crippen molar-refractivity contribution in [2.75, 3.05) is 36.5 Å². The van der Waals surface area contributed by atoms with E-state index in [4.69, 9.17) is 14.8 Å². The standard InChI is InChI=1S/C24H22N8O4/c33-20-12-18(11-19(13-20)32-15-26-29-30-32)27-24-25-14-21(23(28-24)31-6-8-36-9-7-31)17-3-1-2-16(10-17)4-5-22(34)35/h1-5,10-15,33H,6-9H2,(H,34,35)(H,25,27,28)/b5-4+. The van der Waals surface area contributed by atoms with Crippen molar-refractivity contribution in [1.29, 1.82) is 0 Å². The van der Waals surface area contributed by atoms with E-state index in [0.29, 0.717) is 43.6 Å². The van der Waals surface area contributed by atoms with Crippen LogP contribution in [0.5, 0.6) is 5.75 Å². The van der Waals surface area contributed by atoms with Gasteiger partial charge in [-0.05, 0) is 39.8 Å². The number of rotatable bonds is 7. The van der Waals surface area contributed by atoms with Gasteiger partial charge < -0.3 is 25.2 Å². The number of tetrazole rings is 1. The van der Waals surface area contributed by atoms with E-state index < -0.39 is 5.97 Å². The van der Waals surface area contributed by atoms with Crippen LogP contribution in [0, 0.1) is 0 Å². The summed E-state index contributed by atoms with van der Waals surface area (Å²) in [4.78, 5) is 22.4. The van der Waals surface area contributed by atoms with Gasteiger partial charge in [0.2, 0.25) is 5.95 Å². The Hall–Kier alpha value is -4.84. The molecule has 5 rings (SSSR count). The molecule has 12 nitrogen and oxygen atoms in total. The topological polar surface area (TPSA) is 151 Å². The van der Waals surface area contributed by atoms with Gasteiger partial charge in [-0.1, -0.05) is 18.2 Å². The normalized spacial score (nSPS) is 13.7. The van der Waals surface area contributed by atoms with Crippen LogP contribution in [-0.2, 0) is 9.53 Å². The average Bonchev–Trinajstić information content (AvgIpc) is 3.43. The van der Waals surface area contributed by atoms with E-state index in [1.807, 2.05) is 24.3 Å². The number of carboxylic acid groups (broad SMARTS) is 1. The van der Waals surface area contributed by atoms with Crippen molar-refractivity contribution in [3.8, 4) is 22.6 Å². The molecule has 1 fully saturated rings. The Kier molecular flexibility index (Phi) is 6.49. The maximum absolute atomic E-state index is 10.9. The highest BCUT2D eigenvalue weighted by molar-refractivity contribution is 5.86. The molecule has 36 heavy (non-hydrogen) atoms. The van der Waals surface area contributed by atoms with Crippen LogP contribution in [0.1, 0.15) is 5.56 Å². The fourth-order valence-electron chi connectivity index (χ4n) is 3.84. The average molecular weight is 486 g/mol. The number of aliphatic carboxylic acids is 1. The van der Waals surface area contributed by atoms with E-state index in [9.17, 15) is 9.90 Å². The SMILES string of the molecule is O=C(O)/C=C/c1cccc(-c2cnc(Nc3cc(O)cc(-n4cnnn4)c3)nc2N2CCOCC2)c1. The fraction of sp³-hybridized carbons (Fsp3) is 0.167. The molecule has 3 heterocycles. The summed E-state index contributed by atoms with van der Waals surface area (Å²) in [5.41, 5.74) is 3.54. The molecule has 4 aromatic rings. The number of carboxylic acids is 1. The summed E-state index contributed by atoms with van der Waals surface area (Å²) in [7, 11) is 0. The van der Waals surface area contributed by atoms with Crippen molar-refractivity contribution in [1.82, 2.24) is 30.2 Å². The number of carbonyl (C=O) groups is 1. The van der Waals surface area contributed by atoms with Crippen LogP contribution in [0.2, 0.25) is 0 Å². The zero-order valence-electron chi connectivity index (χ0n) is 19.0. The van der Waals surface area contributed by atoms with E-state index >= 15 is 0 Å². The minimum atomic E-state index is -1.01. The minimum absolute atomic E-state index is 0.0294. The smallest absolute Gasteiger partial charge is 0.328 e. The third-order valence-corrected chi connectivity index (χ3v) is 5.47. The molecule has 2 aromatic carbocycles. The first-order valence-electron chi connectivity index (χ1n) is 11.1. The van der Waals surface area contributed by atoms with Gasteiger partial charge >= 0.3 is 5.97 Å². The van der Waals surface area contributed by atoms with Crippen LogP contribution in [0.25, 0.3) is 22.9 Å². The molecule has 0 atom stereocenters. The molecule has 182 valence electrons. The van der Waals surface area contributed by atoms with Gasteiger partial charge in [0.15, 0.2) is 0 Å². The van der Waals surface area contributed by atoms with Gasteiger partial charge in [0.05, 0.1) is 18.9 Å². The molecule has 12 heteroatoms. The zero-order valence-corrected chi connectivity index (χ0v) is 19.0. The summed E-state index contributed by atoms with van der Waals surface area (Å²) in [6.45, 7) is 2.49. The lowest BCUT2D eigenvalue weighted by atomic mass is 10.0. The molecule has 0 unspecified atom stereocenters. The maximum atomic E-state index is 10.9. The Labute approximate surface area is 205 Å². The van der Waals surface area contributed by atoms with E-state index in [2.05, 4.69) is 30.7 Å². The second-order valence-corrected chi connectivity index (χ2v) is 7.94. The molecule has 0 spiro atoms. The Morgan fingerprint density at radius 3 is 2.78 bits per heavy atom. The molecule has 0 saturated carbocycles. The predicted molar refractivity (Wildman–Crippen MR) is 131 cm³/mol. The second-order valence-electron chi connectivity index (χ2n) is 7.94. The second kappa shape index (κ2) is 10.2. The first-order chi connectivity index (χ1) is 17.5. The van der Waals surface area contributed by atoms with Crippen LogP contribution in [0.3, 0.4) is 0 Å². The lowest BCUT2D eigenvalue weighted by Crippen LogP contribution is -2.37. The molecule has 0 amide bonds. The van der Waals surface area contributed by atoms with Crippen molar-refractivity contribution in [2.24, 2.45) is 0 Å². The first kappa shape index (κ1) is 22.9.